The molecule has 0 fully saturated rings. The lowest BCUT2D eigenvalue weighted by Crippen LogP contribution is -2.34. The van der Waals surface area contributed by atoms with E-state index in [0.29, 0.717) is 17.2 Å². The fraction of sp³-hybridized carbons (Fsp3) is 0.647. The second-order valence-corrected chi connectivity index (χ2v) is 5.64. The number of unbranched alkanes of at least 4 members (excludes halogenated alkanes) is 1. The molecule has 1 N–H and O–H groups in total. The van der Waals surface area contributed by atoms with Gasteiger partial charge in [0.25, 0.3) is 0 Å². The average molecular weight is 281 g/mol. The molecule has 0 aliphatic carbocycles. The minimum atomic E-state index is -0.659. The van der Waals surface area contributed by atoms with Crippen molar-refractivity contribution in [2.24, 2.45) is 0 Å². The van der Waals surface area contributed by atoms with Crippen LogP contribution in [0, 0.1) is 12.7 Å². The van der Waals surface area contributed by atoms with Crippen LogP contribution in [0.5, 0.6) is 0 Å². The first-order valence-corrected chi connectivity index (χ1v) is 7.67. The van der Waals surface area contributed by atoms with Crippen LogP contribution in [0.1, 0.15) is 64.2 Å². The zero-order chi connectivity index (χ0) is 15.3. The van der Waals surface area contributed by atoms with Crippen molar-refractivity contribution in [2.75, 3.05) is 11.4 Å². The summed E-state index contributed by atoms with van der Waals surface area (Å²) in [6.07, 6.45) is 2.59. The fourth-order valence-corrected chi connectivity index (χ4v) is 2.39. The van der Waals surface area contributed by atoms with E-state index in [0.717, 1.165) is 31.5 Å². The van der Waals surface area contributed by atoms with E-state index in [-0.39, 0.29) is 5.82 Å². The number of hydrogen-bond acceptors (Lipinski definition) is 2. The molecule has 0 radical (unpaired) electrons. The Kier molecular flexibility index (Phi) is 6.47. The van der Waals surface area contributed by atoms with Crippen molar-refractivity contribution < 1.29 is 9.50 Å². The molecule has 2 atom stereocenters. The molecule has 0 saturated heterocycles. The SMILES string of the molecule is CCCCN(c1cc(C)c(F)cc1[C@H](C)O)C(C)CC. The van der Waals surface area contributed by atoms with Crippen molar-refractivity contribution in [3.8, 4) is 0 Å². The van der Waals surface area contributed by atoms with Gasteiger partial charge in [0.15, 0.2) is 0 Å². The zero-order valence-electron chi connectivity index (χ0n) is 13.4. The maximum atomic E-state index is 13.8. The molecule has 1 unspecified atom stereocenters. The minimum absolute atomic E-state index is 0.246. The number of benzene rings is 1. The molecule has 114 valence electrons. The fourth-order valence-electron chi connectivity index (χ4n) is 2.39. The summed E-state index contributed by atoms with van der Waals surface area (Å²) in [6.45, 7) is 10.9. The predicted octanol–water partition coefficient (Wildman–Crippen LogP) is 4.59. The Morgan fingerprint density at radius 3 is 2.40 bits per heavy atom. The van der Waals surface area contributed by atoms with Gasteiger partial charge in [-0.15, -0.1) is 0 Å². The molecule has 2 nitrogen and oxygen atoms in total. The van der Waals surface area contributed by atoms with E-state index in [4.69, 9.17) is 0 Å². The van der Waals surface area contributed by atoms with Gasteiger partial charge in [-0.1, -0.05) is 20.3 Å². The van der Waals surface area contributed by atoms with E-state index in [2.05, 4.69) is 25.7 Å². The predicted molar refractivity (Wildman–Crippen MR) is 83.8 cm³/mol. The Hall–Kier alpha value is -1.09. The second kappa shape index (κ2) is 7.63. The molecule has 0 aromatic heterocycles. The van der Waals surface area contributed by atoms with E-state index in [1.807, 2.05) is 6.07 Å². The van der Waals surface area contributed by atoms with Crippen molar-refractivity contribution in [1.29, 1.82) is 0 Å². The molecule has 3 heteroatoms. The topological polar surface area (TPSA) is 23.5 Å². The van der Waals surface area contributed by atoms with E-state index < -0.39 is 6.10 Å². The molecule has 0 heterocycles. The van der Waals surface area contributed by atoms with Gasteiger partial charge in [0.05, 0.1) is 6.10 Å². The van der Waals surface area contributed by atoms with Gasteiger partial charge in [-0.05, 0) is 51.3 Å². The van der Waals surface area contributed by atoms with Crippen molar-refractivity contribution >= 4 is 5.69 Å². The van der Waals surface area contributed by atoms with Crippen LogP contribution in [-0.4, -0.2) is 17.7 Å². The third kappa shape index (κ3) is 3.95. The summed E-state index contributed by atoms with van der Waals surface area (Å²) in [5, 5.41) is 9.96. The number of rotatable bonds is 7. The van der Waals surface area contributed by atoms with Gasteiger partial charge in [0, 0.05) is 23.8 Å². The Bertz CT molecular complexity index is 431. The molecule has 1 rings (SSSR count). The van der Waals surface area contributed by atoms with E-state index in [9.17, 15) is 9.50 Å². The summed E-state index contributed by atoms with van der Waals surface area (Å²) in [5.74, 6) is -0.246. The van der Waals surface area contributed by atoms with Gasteiger partial charge in [0.1, 0.15) is 5.82 Å². The van der Waals surface area contributed by atoms with Crippen LogP contribution in [-0.2, 0) is 0 Å². The Morgan fingerprint density at radius 1 is 1.25 bits per heavy atom. The molecule has 1 aromatic rings. The number of aliphatic hydroxyl groups excluding tert-OH is 1. The maximum absolute atomic E-state index is 13.8. The van der Waals surface area contributed by atoms with Crippen LogP contribution in [0.15, 0.2) is 12.1 Å². The zero-order valence-corrected chi connectivity index (χ0v) is 13.4. The van der Waals surface area contributed by atoms with E-state index in [1.54, 1.807) is 13.8 Å². The largest absolute Gasteiger partial charge is 0.389 e. The van der Waals surface area contributed by atoms with Crippen LogP contribution in [0.4, 0.5) is 10.1 Å². The molecule has 0 spiro atoms. The minimum Gasteiger partial charge on any atom is -0.389 e. The van der Waals surface area contributed by atoms with Gasteiger partial charge in [-0.25, -0.2) is 4.39 Å². The summed E-state index contributed by atoms with van der Waals surface area (Å²) in [5.41, 5.74) is 2.29. The Morgan fingerprint density at radius 2 is 1.90 bits per heavy atom. The van der Waals surface area contributed by atoms with Crippen LogP contribution >= 0.6 is 0 Å². The molecule has 1 aromatic carbocycles. The van der Waals surface area contributed by atoms with Crippen molar-refractivity contribution in [1.82, 2.24) is 0 Å². The van der Waals surface area contributed by atoms with Crippen LogP contribution in [0.3, 0.4) is 0 Å². The molecular weight excluding hydrogens is 253 g/mol. The summed E-state index contributed by atoms with van der Waals surface area (Å²) in [4.78, 5) is 2.30. The lowest BCUT2D eigenvalue weighted by Gasteiger charge is -2.33. The quantitative estimate of drug-likeness (QED) is 0.790. The van der Waals surface area contributed by atoms with Gasteiger partial charge >= 0.3 is 0 Å². The molecule has 0 aliphatic rings. The third-order valence-electron chi connectivity index (χ3n) is 3.94. The highest BCUT2D eigenvalue weighted by Gasteiger charge is 2.20. The molecule has 0 amide bonds. The van der Waals surface area contributed by atoms with Gasteiger partial charge in [-0.2, -0.15) is 0 Å². The number of aryl methyl sites for hydroxylation is 1. The lowest BCUT2D eigenvalue weighted by molar-refractivity contribution is 0.199. The normalized spacial score (nSPS) is 14.2. The van der Waals surface area contributed by atoms with Gasteiger partial charge < -0.3 is 10.0 Å². The van der Waals surface area contributed by atoms with Crippen molar-refractivity contribution in [3.63, 3.8) is 0 Å². The first kappa shape index (κ1) is 17.0. The first-order chi connectivity index (χ1) is 9.42. The lowest BCUT2D eigenvalue weighted by atomic mass is 10.0. The third-order valence-corrected chi connectivity index (χ3v) is 3.94. The summed E-state index contributed by atoms with van der Waals surface area (Å²) in [7, 11) is 0. The summed E-state index contributed by atoms with van der Waals surface area (Å²) >= 11 is 0. The Labute approximate surface area is 122 Å². The van der Waals surface area contributed by atoms with Crippen LogP contribution in [0.2, 0.25) is 0 Å². The molecule has 0 bridgehead atoms. The van der Waals surface area contributed by atoms with E-state index >= 15 is 0 Å². The maximum Gasteiger partial charge on any atom is 0.126 e. The standard InChI is InChI=1S/C17H28FNO/c1-6-8-9-19(13(4)7-2)17-10-12(3)16(18)11-15(17)14(5)20/h10-11,13-14,20H,6-9H2,1-5H3/t13?,14-/m0/s1. The second-order valence-electron chi connectivity index (χ2n) is 5.64. The summed E-state index contributed by atoms with van der Waals surface area (Å²) < 4.78 is 13.8. The first-order valence-electron chi connectivity index (χ1n) is 7.67. The smallest absolute Gasteiger partial charge is 0.126 e. The van der Waals surface area contributed by atoms with Crippen LogP contribution < -0.4 is 4.90 Å². The molecule has 0 aliphatic heterocycles. The highest BCUT2D eigenvalue weighted by Crippen LogP contribution is 2.31. The molecule has 20 heavy (non-hydrogen) atoms. The number of aliphatic hydroxyl groups is 1. The number of halogens is 1. The van der Waals surface area contributed by atoms with Gasteiger partial charge in [0.2, 0.25) is 0 Å². The molecular formula is C17H28FNO. The van der Waals surface area contributed by atoms with Gasteiger partial charge in [-0.3, -0.25) is 0 Å². The van der Waals surface area contributed by atoms with Crippen molar-refractivity contribution in [3.05, 3.63) is 29.1 Å². The monoisotopic (exact) mass is 281 g/mol. The Balaban J connectivity index is 3.26. The highest BCUT2D eigenvalue weighted by molar-refractivity contribution is 5.57. The number of hydrogen-bond donors (Lipinski definition) is 1. The highest BCUT2D eigenvalue weighted by atomic mass is 19.1. The van der Waals surface area contributed by atoms with Crippen LogP contribution in [0.25, 0.3) is 0 Å². The number of anilines is 1. The molecule has 0 saturated carbocycles. The van der Waals surface area contributed by atoms with E-state index in [1.165, 1.54) is 6.07 Å². The summed E-state index contributed by atoms with van der Waals surface area (Å²) in [6, 6.07) is 3.74. The average Bonchev–Trinajstić information content (AvgIpc) is 2.41. The van der Waals surface area contributed by atoms with Crippen molar-refractivity contribution in [2.45, 2.75) is 66.0 Å². The number of nitrogens with zero attached hydrogens (tertiary/aromatic N) is 1.